The number of aryl methyl sites for hydroxylation is 1. The van der Waals surface area contributed by atoms with E-state index in [1.807, 2.05) is 6.92 Å². The van der Waals surface area contributed by atoms with Gasteiger partial charge in [-0.1, -0.05) is 42.8 Å². The quantitative estimate of drug-likeness (QED) is 0.244. The topological polar surface area (TPSA) is 79.4 Å². The van der Waals surface area contributed by atoms with E-state index in [-0.39, 0.29) is 28.2 Å². The summed E-state index contributed by atoms with van der Waals surface area (Å²) in [4.78, 5) is 10.3. The molecule has 0 radical (unpaired) electrons. The molecule has 142 valence electrons. The fourth-order valence-electron chi connectivity index (χ4n) is 2.08. The molecule has 2 aromatic rings. The Morgan fingerprint density at radius 1 is 1.23 bits per heavy atom. The molecule has 0 atom stereocenters. The van der Waals surface area contributed by atoms with E-state index < -0.39 is 13.0 Å². The third-order valence-electron chi connectivity index (χ3n) is 3.48. The molecule has 1 heterocycles. The Labute approximate surface area is 163 Å². The van der Waals surface area contributed by atoms with Crippen LogP contribution in [0.5, 0.6) is 11.6 Å². The van der Waals surface area contributed by atoms with Crippen LogP contribution >= 0.6 is 23.2 Å². The number of rotatable bonds is 8. The van der Waals surface area contributed by atoms with Gasteiger partial charge in [0.1, 0.15) is 6.73 Å². The first-order chi connectivity index (χ1) is 12.1. The highest BCUT2D eigenvalue weighted by Gasteiger charge is 2.19. The third-order valence-corrected chi connectivity index (χ3v) is 5.74. The second-order valence-electron chi connectivity index (χ2n) is 7.07. The van der Waals surface area contributed by atoms with Crippen LogP contribution in [-0.4, -0.2) is 29.4 Å². The van der Waals surface area contributed by atoms with Gasteiger partial charge in [-0.25, -0.2) is 4.68 Å². The number of non-ortho nitro benzene ring substituents is 1. The standard InChI is InChI=1S/C16H21Cl2N3O4Si/c1-11-7-15(20(19-11)10-24-5-6-26(2,3)4)25-16-13(17)8-12(21(22)23)9-14(16)18/h7-9H,5-6,10H2,1-4H3. The number of nitro benzene ring substituents is 1. The molecule has 0 aliphatic carbocycles. The lowest BCUT2D eigenvalue weighted by molar-refractivity contribution is -0.384. The minimum atomic E-state index is -1.17. The molecule has 0 spiro atoms. The van der Waals surface area contributed by atoms with E-state index in [0.29, 0.717) is 12.5 Å². The smallest absolute Gasteiger partial charge is 0.272 e. The van der Waals surface area contributed by atoms with Crippen LogP contribution < -0.4 is 4.74 Å². The predicted octanol–water partition coefficient (Wildman–Crippen LogP) is 5.51. The van der Waals surface area contributed by atoms with Crippen LogP contribution in [-0.2, 0) is 11.5 Å². The second kappa shape index (κ2) is 8.39. The van der Waals surface area contributed by atoms with E-state index in [9.17, 15) is 10.1 Å². The highest BCUT2D eigenvalue weighted by molar-refractivity contribution is 6.76. The molecule has 0 bridgehead atoms. The Balaban J connectivity index is 2.14. The van der Waals surface area contributed by atoms with Gasteiger partial charge in [-0.2, -0.15) is 5.10 Å². The largest absolute Gasteiger partial charge is 0.436 e. The molecule has 0 saturated heterocycles. The van der Waals surface area contributed by atoms with Gasteiger partial charge in [0.15, 0.2) is 5.75 Å². The minimum Gasteiger partial charge on any atom is -0.436 e. The zero-order valence-electron chi connectivity index (χ0n) is 15.1. The van der Waals surface area contributed by atoms with Crippen molar-refractivity contribution in [3.8, 4) is 11.6 Å². The molecule has 7 nitrogen and oxygen atoms in total. The second-order valence-corrected chi connectivity index (χ2v) is 13.5. The predicted molar refractivity (Wildman–Crippen MR) is 104 cm³/mol. The fourth-order valence-corrected chi connectivity index (χ4v) is 3.39. The Kier molecular flexibility index (Phi) is 6.67. The molecule has 0 aliphatic rings. The van der Waals surface area contributed by atoms with Crippen molar-refractivity contribution in [1.82, 2.24) is 9.78 Å². The number of halogens is 2. The van der Waals surface area contributed by atoms with E-state index in [0.717, 1.165) is 11.7 Å². The maximum atomic E-state index is 10.9. The van der Waals surface area contributed by atoms with Crippen LogP contribution in [0.3, 0.4) is 0 Å². The van der Waals surface area contributed by atoms with Crippen LogP contribution in [0.25, 0.3) is 0 Å². The Bertz CT molecular complexity index is 782. The molecule has 2 rings (SSSR count). The number of nitro groups is 1. The van der Waals surface area contributed by atoms with Gasteiger partial charge >= 0.3 is 0 Å². The summed E-state index contributed by atoms with van der Waals surface area (Å²) >= 11 is 12.2. The van der Waals surface area contributed by atoms with Gasteiger partial charge in [0.25, 0.3) is 5.69 Å². The number of ether oxygens (including phenoxy) is 2. The van der Waals surface area contributed by atoms with Crippen molar-refractivity contribution in [2.24, 2.45) is 0 Å². The monoisotopic (exact) mass is 417 g/mol. The zero-order valence-corrected chi connectivity index (χ0v) is 17.6. The van der Waals surface area contributed by atoms with Crippen LogP contribution in [0.1, 0.15) is 5.69 Å². The van der Waals surface area contributed by atoms with Crippen molar-refractivity contribution in [2.75, 3.05) is 6.61 Å². The molecule has 0 amide bonds. The van der Waals surface area contributed by atoms with Crippen LogP contribution in [0.15, 0.2) is 18.2 Å². The van der Waals surface area contributed by atoms with Crippen molar-refractivity contribution in [3.05, 3.63) is 44.1 Å². The Morgan fingerprint density at radius 3 is 2.38 bits per heavy atom. The summed E-state index contributed by atoms with van der Waals surface area (Å²) in [5, 5.41) is 15.3. The maximum Gasteiger partial charge on any atom is 0.272 e. The summed E-state index contributed by atoms with van der Waals surface area (Å²) in [5.41, 5.74) is 0.537. The Hall–Kier alpha value is -1.61. The van der Waals surface area contributed by atoms with E-state index in [4.69, 9.17) is 32.7 Å². The molecule has 26 heavy (non-hydrogen) atoms. The van der Waals surface area contributed by atoms with E-state index in [2.05, 4.69) is 24.7 Å². The molecular weight excluding hydrogens is 397 g/mol. The van der Waals surface area contributed by atoms with Gasteiger partial charge in [0, 0.05) is 32.9 Å². The van der Waals surface area contributed by atoms with Gasteiger partial charge in [0.2, 0.25) is 5.88 Å². The SMILES string of the molecule is Cc1cc(Oc2c(Cl)cc([N+](=O)[O-])cc2Cl)n(COCC[Si](C)(C)C)n1. The van der Waals surface area contributed by atoms with Gasteiger partial charge < -0.3 is 9.47 Å². The van der Waals surface area contributed by atoms with Crippen molar-refractivity contribution < 1.29 is 14.4 Å². The first-order valence-corrected chi connectivity index (χ1v) is 12.5. The molecule has 0 N–H and O–H groups in total. The van der Waals surface area contributed by atoms with Crippen molar-refractivity contribution in [2.45, 2.75) is 39.3 Å². The maximum absolute atomic E-state index is 10.9. The third kappa shape index (κ3) is 5.70. The first kappa shape index (κ1) is 20.7. The minimum absolute atomic E-state index is 0.0502. The van der Waals surface area contributed by atoms with E-state index in [1.54, 1.807) is 10.7 Å². The van der Waals surface area contributed by atoms with Crippen LogP contribution in [0.4, 0.5) is 5.69 Å². The van der Waals surface area contributed by atoms with Crippen molar-refractivity contribution in [3.63, 3.8) is 0 Å². The first-order valence-electron chi connectivity index (χ1n) is 8.00. The Morgan fingerprint density at radius 2 is 1.85 bits per heavy atom. The lowest BCUT2D eigenvalue weighted by atomic mass is 10.3. The highest BCUT2D eigenvalue weighted by atomic mass is 35.5. The number of aromatic nitrogens is 2. The highest BCUT2D eigenvalue weighted by Crippen LogP contribution is 2.39. The zero-order chi connectivity index (χ0) is 19.5. The lowest BCUT2D eigenvalue weighted by Crippen LogP contribution is -2.22. The lowest BCUT2D eigenvalue weighted by Gasteiger charge is -2.16. The summed E-state index contributed by atoms with van der Waals surface area (Å²) in [6, 6.07) is 5.15. The molecule has 10 heteroatoms. The van der Waals surface area contributed by atoms with E-state index in [1.165, 1.54) is 12.1 Å². The van der Waals surface area contributed by atoms with E-state index >= 15 is 0 Å². The normalized spacial score (nSPS) is 11.6. The summed E-state index contributed by atoms with van der Waals surface area (Å²) < 4.78 is 13.0. The summed E-state index contributed by atoms with van der Waals surface area (Å²) in [5.74, 6) is 0.537. The van der Waals surface area contributed by atoms with Crippen molar-refractivity contribution in [1.29, 1.82) is 0 Å². The number of hydrogen-bond acceptors (Lipinski definition) is 5. The molecule has 1 aromatic carbocycles. The van der Waals surface area contributed by atoms with Gasteiger partial charge in [-0.05, 0) is 13.0 Å². The number of hydrogen-bond donors (Lipinski definition) is 0. The van der Waals surface area contributed by atoms with Crippen molar-refractivity contribution >= 4 is 37.0 Å². The number of nitrogens with zero attached hydrogens (tertiary/aromatic N) is 3. The summed E-state index contributed by atoms with van der Waals surface area (Å²) in [6.07, 6.45) is 0. The van der Waals surface area contributed by atoms with Gasteiger partial charge in [-0.15, -0.1) is 0 Å². The number of benzene rings is 1. The van der Waals surface area contributed by atoms with Gasteiger partial charge in [-0.3, -0.25) is 10.1 Å². The molecule has 0 fully saturated rings. The summed E-state index contributed by atoms with van der Waals surface area (Å²) in [6.45, 7) is 9.54. The average Bonchev–Trinajstić information content (AvgIpc) is 2.86. The molecule has 0 saturated carbocycles. The van der Waals surface area contributed by atoms with Crippen LogP contribution in [0.2, 0.25) is 35.7 Å². The molecule has 0 unspecified atom stereocenters. The van der Waals surface area contributed by atoms with Gasteiger partial charge in [0.05, 0.1) is 20.7 Å². The molecule has 1 aromatic heterocycles. The molecule has 0 aliphatic heterocycles. The summed E-state index contributed by atoms with van der Waals surface area (Å²) in [7, 11) is -1.17. The fraction of sp³-hybridized carbons (Fsp3) is 0.438. The average molecular weight is 418 g/mol. The van der Waals surface area contributed by atoms with Crippen LogP contribution in [0, 0.1) is 17.0 Å². The molecular formula is C16H21Cl2N3O4Si.